The van der Waals surface area contributed by atoms with Crippen LogP contribution in [0.15, 0.2) is 24.7 Å². The summed E-state index contributed by atoms with van der Waals surface area (Å²) in [6.45, 7) is 3.83. The van der Waals surface area contributed by atoms with E-state index in [1.807, 2.05) is 17.2 Å². The van der Waals surface area contributed by atoms with Gasteiger partial charge in [0.15, 0.2) is 0 Å². The van der Waals surface area contributed by atoms with E-state index in [-0.39, 0.29) is 5.91 Å². The first kappa shape index (κ1) is 10.3. The van der Waals surface area contributed by atoms with Crippen LogP contribution in [0.3, 0.4) is 0 Å². The second kappa shape index (κ2) is 3.84. The maximum absolute atomic E-state index is 12.2. The van der Waals surface area contributed by atoms with Crippen molar-refractivity contribution in [2.45, 2.75) is 13.3 Å². The zero-order chi connectivity index (χ0) is 11.8. The minimum atomic E-state index is 0.0138. The average Bonchev–Trinajstić information content (AvgIpc) is 2.93. The molecule has 5 nitrogen and oxygen atoms in total. The minimum Gasteiger partial charge on any atom is -0.337 e. The largest absolute Gasteiger partial charge is 0.337 e. The second-order valence-corrected chi connectivity index (χ2v) is 4.60. The molecule has 1 unspecified atom stereocenters. The molecule has 0 saturated carbocycles. The fourth-order valence-electron chi connectivity index (χ4n) is 2.21. The zero-order valence-electron chi connectivity index (χ0n) is 9.71. The lowest BCUT2D eigenvalue weighted by atomic mass is 10.2. The van der Waals surface area contributed by atoms with Gasteiger partial charge in [-0.2, -0.15) is 0 Å². The summed E-state index contributed by atoms with van der Waals surface area (Å²) in [6.07, 6.45) is 6.35. The number of hydrogen-bond acceptors (Lipinski definition) is 3. The Morgan fingerprint density at radius 1 is 1.53 bits per heavy atom. The monoisotopic (exact) mass is 230 g/mol. The van der Waals surface area contributed by atoms with Gasteiger partial charge in [-0.1, -0.05) is 6.92 Å². The third-order valence-corrected chi connectivity index (χ3v) is 3.17. The van der Waals surface area contributed by atoms with Gasteiger partial charge in [-0.15, -0.1) is 0 Å². The van der Waals surface area contributed by atoms with Crippen LogP contribution in [0.5, 0.6) is 0 Å². The van der Waals surface area contributed by atoms with E-state index in [2.05, 4.69) is 16.9 Å². The number of aromatic nitrogens is 3. The van der Waals surface area contributed by atoms with Gasteiger partial charge in [0, 0.05) is 31.7 Å². The molecule has 5 heteroatoms. The fourth-order valence-corrected chi connectivity index (χ4v) is 2.21. The van der Waals surface area contributed by atoms with Gasteiger partial charge in [0.05, 0.1) is 0 Å². The third kappa shape index (κ3) is 1.77. The van der Waals surface area contributed by atoms with Crippen molar-refractivity contribution >= 4 is 11.7 Å². The van der Waals surface area contributed by atoms with Gasteiger partial charge in [0.2, 0.25) is 5.78 Å². The van der Waals surface area contributed by atoms with Crippen LogP contribution in [-0.4, -0.2) is 38.3 Å². The summed E-state index contributed by atoms with van der Waals surface area (Å²) in [7, 11) is 0. The van der Waals surface area contributed by atoms with Crippen molar-refractivity contribution in [3.8, 4) is 0 Å². The van der Waals surface area contributed by atoms with Crippen molar-refractivity contribution in [2.75, 3.05) is 13.1 Å². The Balaban J connectivity index is 1.90. The molecule has 3 rings (SSSR count). The standard InChI is InChI=1S/C12H14N4O/c1-9-3-6-15(7-9)11(17)10-8-16-5-2-4-13-12(16)14-10/h2,4-5,8-9H,3,6-7H2,1H3. The molecule has 17 heavy (non-hydrogen) atoms. The highest BCUT2D eigenvalue weighted by molar-refractivity contribution is 5.92. The van der Waals surface area contributed by atoms with Crippen molar-refractivity contribution in [1.29, 1.82) is 0 Å². The van der Waals surface area contributed by atoms with Gasteiger partial charge < -0.3 is 4.90 Å². The molecular weight excluding hydrogens is 216 g/mol. The number of rotatable bonds is 1. The molecule has 1 atom stereocenters. The summed E-state index contributed by atoms with van der Waals surface area (Å²) >= 11 is 0. The molecule has 1 saturated heterocycles. The van der Waals surface area contributed by atoms with Gasteiger partial charge in [0.1, 0.15) is 5.69 Å². The number of imidazole rings is 1. The number of carbonyl (C=O) groups excluding carboxylic acids is 1. The number of fused-ring (bicyclic) bond motifs is 1. The minimum absolute atomic E-state index is 0.0138. The maximum atomic E-state index is 12.2. The molecule has 0 aromatic carbocycles. The van der Waals surface area contributed by atoms with Crippen LogP contribution in [0.2, 0.25) is 0 Å². The molecule has 0 N–H and O–H groups in total. The Kier molecular flexibility index (Phi) is 2.31. The predicted molar refractivity (Wildman–Crippen MR) is 62.7 cm³/mol. The topological polar surface area (TPSA) is 50.5 Å². The first-order valence-corrected chi connectivity index (χ1v) is 5.83. The highest BCUT2D eigenvalue weighted by atomic mass is 16.2. The highest BCUT2D eigenvalue weighted by Gasteiger charge is 2.25. The van der Waals surface area contributed by atoms with Gasteiger partial charge in [-0.25, -0.2) is 9.97 Å². The third-order valence-electron chi connectivity index (χ3n) is 3.17. The first-order valence-electron chi connectivity index (χ1n) is 5.83. The van der Waals surface area contributed by atoms with Crippen molar-refractivity contribution in [1.82, 2.24) is 19.3 Å². The Bertz CT molecular complexity index is 529. The predicted octanol–water partition coefficient (Wildman–Crippen LogP) is 1.21. The van der Waals surface area contributed by atoms with E-state index in [0.717, 1.165) is 19.5 Å². The normalized spacial score (nSPS) is 20.1. The lowest BCUT2D eigenvalue weighted by molar-refractivity contribution is 0.0783. The summed E-state index contributed by atoms with van der Waals surface area (Å²) in [5, 5.41) is 0. The van der Waals surface area contributed by atoms with E-state index in [1.54, 1.807) is 16.8 Å². The number of carbonyl (C=O) groups is 1. The van der Waals surface area contributed by atoms with Gasteiger partial charge in [-0.05, 0) is 18.4 Å². The molecule has 88 valence electrons. The van der Waals surface area contributed by atoms with Crippen LogP contribution in [0, 0.1) is 5.92 Å². The summed E-state index contributed by atoms with van der Waals surface area (Å²) in [6, 6.07) is 1.82. The van der Waals surface area contributed by atoms with Crippen molar-refractivity contribution in [3.63, 3.8) is 0 Å². The SMILES string of the molecule is CC1CCN(C(=O)c2cn3cccnc3n2)C1. The van der Waals surface area contributed by atoms with Crippen LogP contribution in [0.25, 0.3) is 5.78 Å². The average molecular weight is 230 g/mol. The Morgan fingerprint density at radius 3 is 3.12 bits per heavy atom. The lowest BCUT2D eigenvalue weighted by Gasteiger charge is -2.13. The van der Waals surface area contributed by atoms with E-state index in [9.17, 15) is 4.79 Å². The molecule has 1 aliphatic heterocycles. The van der Waals surface area contributed by atoms with E-state index in [0.29, 0.717) is 17.4 Å². The Morgan fingerprint density at radius 2 is 2.41 bits per heavy atom. The number of nitrogens with zero attached hydrogens (tertiary/aromatic N) is 4. The van der Waals surface area contributed by atoms with Crippen LogP contribution in [0.4, 0.5) is 0 Å². The summed E-state index contributed by atoms with van der Waals surface area (Å²) in [4.78, 5) is 22.4. The number of amides is 1. The van der Waals surface area contributed by atoms with Crippen molar-refractivity contribution in [2.24, 2.45) is 5.92 Å². The molecular formula is C12H14N4O. The Labute approximate surface area is 99.1 Å². The van der Waals surface area contributed by atoms with Crippen LogP contribution < -0.4 is 0 Å². The van der Waals surface area contributed by atoms with E-state index >= 15 is 0 Å². The number of likely N-dealkylation sites (tertiary alicyclic amines) is 1. The van der Waals surface area contributed by atoms with Crippen LogP contribution in [0.1, 0.15) is 23.8 Å². The quantitative estimate of drug-likeness (QED) is 0.740. The molecule has 1 amide bonds. The lowest BCUT2D eigenvalue weighted by Crippen LogP contribution is -2.28. The van der Waals surface area contributed by atoms with Crippen molar-refractivity contribution in [3.05, 3.63) is 30.4 Å². The smallest absolute Gasteiger partial charge is 0.274 e. The first-order chi connectivity index (χ1) is 8.24. The van der Waals surface area contributed by atoms with E-state index in [4.69, 9.17) is 0 Å². The molecule has 0 bridgehead atoms. The molecule has 2 aromatic rings. The summed E-state index contributed by atoms with van der Waals surface area (Å²) < 4.78 is 1.77. The maximum Gasteiger partial charge on any atom is 0.274 e. The molecule has 0 radical (unpaired) electrons. The molecule has 1 fully saturated rings. The van der Waals surface area contributed by atoms with Gasteiger partial charge >= 0.3 is 0 Å². The van der Waals surface area contributed by atoms with E-state index in [1.165, 1.54) is 0 Å². The molecule has 2 aromatic heterocycles. The summed E-state index contributed by atoms with van der Waals surface area (Å²) in [5.41, 5.74) is 0.484. The zero-order valence-corrected chi connectivity index (χ0v) is 9.71. The van der Waals surface area contributed by atoms with E-state index < -0.39 is 0 Å². The highest BCUT2D eigenvalue weighted by Crippen LogP contribution is 2.17. The molecule has 0 aliphatic carbocycles. The molecule has 0 spiro atoms. The molecule has 3 heterocycles. The van der Waals surface area contributed by atoms with Gasteiger partial charge in [0.25, 0.3) is 5.91 Å². The van der Waals surface area contributed by atoms with Crippen LogP contribution >= 0.6 is 0 Å². The fraction of sp³-hybridized carbons (Fsp3) is 0.417. The van der Waals surface area contributed by atoms with Crippen molar-refractivity contribution < 1.29 is 4.79 Å². The van der Waals surface area contributed by atoms with Gasteiger partial charge in [-0.3, -0.25) is 9.20 Å². The number of hydrogen-bond donors (Lipinski definition) is 0. The Hall–Kier alpha value is -1.91. The molecule has 1 aliphatic rings. The second-order valence-electron chi connectivity index (χ2n) is 4.60. The summed E-state index contributed by atoms with van der Waals surface area (Å²) in [5.74, 6) is 1.18. The van der Waals surface area contributed by atoms with Crippen LogP contribution in [-0.2, 0) is 0 Å².